The Hall–Kier alpha value is -1.10. The van der Waals surface area contributed by atoms with Crippen LogP contribution in [0.15, 0.2) is 35.0 Å². The Bertz CT molecular complexity index is 475. The summed E-state index contributed by atoms with van der Waals surface area (Å²) in [6.07, 6.45) is 0. The number of rotatable bonds is 3. The van der Waals surface area contributed by atoms with Gasteiger partial charge in [0.15, 0.2) is 11.6 Å². The van der Waals surface area contributed by atoms with Crippen LogP contribution in [0.5, 0.6) is 5.75 Å². The molecule has 0 aliphatic carbocycles. The predicted molar refractivity (Wildman–Crippen MR) is 70.5 cm³/mol. The molecule has 0 fully saturated rings. The van der Waals surface area contributed by atoms with Crippen molar-refractivity contribution in [2.24, 2.45) is 5.73 Å². The van der Waals surface area contributed by atoms with E-state index in [2.05, 4.69) is 0 Å². The highest BCUT2D eigenvalue weighted by molar-refractivity contribution is 7.08. The molecule has 0 unspecified atom stereocenters. The molecule has 17 heavy (non-hydrogen) atoms. The monoisotopic (exact) mass is 273 g/mol. The van der Waals surface area contributed by atoms with Gasteiger partial charge in [0.2, 0.25) is 0 Å². The standard InChI is InChI=1S/C12H12FNOS.ClH/c1-15-10-4-2-3-9(11(10)13)12(14)8-5-6-16-7-8;/h2-7,12H,14H2,1H3;1H/t12-;/m0./s1. The molecule has 1 atom stereocenters. The van der Waals surface area contributed by atoms with Crippen LogP contribution in [-0.2, 0) is 0 Å². The second-order valence-electron chi connectivity index (χ2n) is 3.40. The molecule has 92 valence electrons. The van der Waals surface area contributed by atoms with Gasteiger partial charge in [0, 0.05) is 5.56 Å². The Morgan fingerprint density at radius 2 is 2.12 bits per heavy atom. The van der Waals surface area contributed by atoms with Gasteiger partial charge in [0.25, 0.3) is 0 Å². The average Bonchev–Trinajstić information content (AvgIpc) is 2.82. The summed E-state index contributed by atoms with van der Waals surface area (Å²) >= 11 is 1.54. The molecule has 0 spiro atoms. The Kier molecular flexibility index (Phi) is 4.93. The first-order chi connectivity index (χ1) is 7.74. The van der Waals surface area contributed by atoms with Crippen LogP contribution in [0, 0.1) is 5.82 Å². The minimum Gasteiger partial charge on any atom is -0.494 e. The molecule has 0 amide bonds. The minimum absolute atomic E-state index is 0. The van der Waals surface area contributed by atoms with Gasteiger partial charge in [0.1, 0.15) is 0 Å². The zero-order chi connectivity index (χ0) is 11.5. The maximum Gasteiger partial charge on any atom is 0.170 e. The summed E-state index contributed by atoms with van der Waals surface area (Å²) in [7, 11) is 1.44. The Balaban J connectivity index is 0.00000144. The second-order valence-corrected chi connectivity index (χ2v) is 4.18. The van der Waals surface area contributed by atoms with Crippen molar-refractivity contribution in [2.45, 2.75) is 6.04 Å². The molecule has 2 aromatic rings. The van der Waals surface area contributed by atoms with Crippen molar-refractivity contribution in [1.29, 1.82) is 0 Å². The first-order valence-electron chi connectivity index (χ1n) is 4.84. The van der Waals surface area contributed by atoms with E-state index < -0.39 is 6.04 Å². The van der Waals surface area contributed by atoms with E-state index in [1.54, 1.807) is 29.5 Å². The van der Waals surface area contributed by atoms with Crippen LogP contribution in [0.25, 0.3) is 0 Å². The van der Waals surface area contributed by atoms with Crippen LogP contribution in [0.2, 0.25) is 0 Å². The van der Waals surface area contributed by atoms with Crippen molar-refractivity contribution in [3.05, 3.63) is 52.0 Å². The molecular weight excluding hydrogens is 261 g/mol. The molecule has 2 nitrogen and oxygen atoms in total. The summed E-state index contributed by atoms with van der Waals surface area (Å²) in [4.78, 5) is 0. The second kappa shape index (κ2) is 6.00. The first kappa shape index (κ1) is 14.0. The number of nitrogens with two attached hydrogens (primary N) is 1. The van der Waals surface area contributed by atoms with E-state index in [9.17, 15) is 4.39 Å². The van der Waals surface area contributed by atoms with Crippen molar-refractivity contribution in [1.82, 2.24) is 0 Å². The van der Waals surface area contributed by atoms with Crippen molar-refractivity contribution in [2.75, 3.05) is 7.11 Å². The molecule has 1 aromatic carbocycles. The van der Waals surface area contributed by atoms with E-state index in [0.29, 0.717) is 5.56 Å². The van der Waals surface area contributed by atoms with E-state index in [4.69, 9.17) is 10.5 Å². The van der Waals surface area contributed by atoms with Crippen molar-refractivity contribution in [3.8, 4) is 5.75 Å². The van der Waals surface area contributed by atoms with Gasteiger partial charge < -0.3 is 10.5 Å². The lowest BCUT2D eigenvalue weighted by molar-refractivity contribution is 0.383. The SMILES string of the molecule is COc1cccc([C@@H](N)c2ccsc2)c1F.Cl. The molecule has 1 aromatic heterocycles. The van der Waals surface area contributed by atoms with Gasteiger partial charge in [-0.05, 0) is 28.5 Å². The van der Waals surface area contributed by atoms with Gasteiger partial charge in [-0.2, -0.15) is 11.3 Å². The number of halogens is 2. The normalized spacial score (nSPS) is 11.7. The zero-order valence-corrected chi connectivity index (χ0v) is 10.9. The van der Waals surface area contributed by atoms with Crippen LogP contribution < -0.4 is 10.5 Å². The lowest BCUT2D eigenvalue weighted by Crippen LogP contribution is -2.13. The molecule has 0 aliphatic rings. The molecule has 2 rings (SSSR count). The molecule has 0 saturated heterocycles. The molecule has 0 saturated carbocycles. The highest BCUT2D eigenvalue weighted by atomic mass is 35.5. The fourth-order valence-electron chi connectivity index (χ4n) is 1.56. The number of benzene rings is 1. The summed E-state index contributed by atoms with van der Waals surface area (Å²) in [5.74, 6) is -0.160. The Morgan fingerprint density at radius 3 is 2.71 bits per heavy atom. The third-order valence-corrected chi connectivity index (χ3v) is 3.15. The molecule has 0 radical (unpaired) electrons. The number of ether oxygens (including phenoxy) is 1. The maximum absolute atomic E-state index is 13.9. The third-order valence-electron chi connectivity index (χ3n) is 2.45. The highest BCUT2D eigenvalue weighted by Crippen LogP contribution is 2.28. The van der Waals surface area contributed by atoms with Gasteiger partial charge in [-0.3, -0.25) is 0 Å². The van der Waals surface area contributed by atoms with Gasteiger partial charge in [0.05, 0.1) is 13.2 Å². The average molecular weight is 274 g/mol. The fraction of sp³-hybridized carbons (Fsp3) is 0.167. The van der Waals surface area contributed by atoms with Crippen LogP contribution in [0.1, 0.15) is 17.2 Å². The third kappa shape index (κ3) is 2.77. The predicted octanol–water partition coefficient (Wildman–Crippen LogP) is 3.37. The van der Waals surface area contributed by atoms with Gasteiger partial charge in [-0.15, -0.1) is 12.4 Å². The summed E-state index contributed by atoms with van der Waals surface area (Å²) in [6.45, 7) is 0. The summed E-state index contributed by atoms with van der Waals surface area (Å²) in [5, 5.41) is 3.84. The largest absolute Gasteiger partial charge is 0.494 e. The first-order valence-corrected chi connectivity index (χ1v) is 5.78. The van der Waals surface area contributed by atoms with E-state index in [0.717, 1.165) is 5.56 Å². The Labute approximate surface area is 110 Å². The molecule has 0 aliphatic heterocycles. The van der Waals surface area contributed by atoms with Crippen molar-refractivity contribution < 1.29 is 9.13 Å². The van der Waals surface area contributed by atoms with Crippen LogP contribution in [0.4, 0.5) is 4.39 Å². The smallest absolute Gasteiger partial charge is 0.170 e. The van der Waals surface area contributed by atoms with Gasteiger partial charge >= 0.3 is 0 Å². The highest BCUT2D eigenvalue weighted by Gasteiger charge is 2.16. The minimum atomic E-state index is -0.443. The topological polar surface area (TPSA) is 35.2 Å². The zero-order valence-electron chi connectivity index (χ0n) is 9.22. The molecular formula is C12H13ClFNOS. The fourth-order valence-corrected chi connectivity index (χ4v) is 2.25. The van der Waals surface area contributed by atoms with Crippen LogP contribution in [0.3, 0.4) is 0 Å². The molecule has 1 heterocycles. The van der Waals surface area contributed by atoms with E-state index in [1.807, 2.05) is 16.8 Å². The number of hydrogen-bond donors (Lipinski definition) is 1. The van der Waals surface area contributed by atoms with Crippen LogP contribution in [-0.4, -0.2) is 7.11 Å². The summed E-state index contributed by atoms with van der Waals surface area (Å²) < 4.78 is 18.8. The van der Waals surface area contributed by atoms with Gasteiger partial charge in [-0.1, -0.05) is 12.1 Å². The molecule has 0 bridgehead atoms. The number of methoxy groups -OCH3 is 1. The van der Waals surface area contributed by atoms with E-state index >= 15 is 0 Å². The number of thiophene rings is 1. The lowest BCUT2D eigenvalue weighted by atomic mass is 10.0. The quantitative estimate of drug-likeness (QED) is 0.931. The van der Waals surface area contributed by atoms with E-state index in [1.165, 1.54) is 7.11 Å². The lowest BCUT2D eigenvalue weighted by Gasteiger charge is -2.13. The van der Waals surface area contributed by atoms with Crippen molar-refractivity contribution >= 4 is 23.7 Å². The van der Waals surface area contributed by atoms with E-state index in [-0.39, 0.29) is 24.0 Å². The molecule has 5 heteroatoms. The number of hydrogen-bond acceptors (Lipinski definition) is 3. The van der Waals surface area contributed by atoms with Crippen molar-refractivity contribution in [3.63, 3.8) is 0 Å². The Morgan fingerprint density at radius 1 is 1.35 bits per heavy atom. The molecule has 2 N–H and O–H groups in total. The maximum atomic E-state index is 13.9. The van der Waals surface area contributed by atoms with Crippen LogP contribution >= 0.6 is 23.7 Å². The summed E-state index contributed by atoms with van der Waals surface area (Å²) in [6, 6.07) is 6.46. The van der Waals surface area contributed by atoms with Gasteiger partial charge in [-0.25, -0.2) is 4.39 Å². The summed E-state index contributed by atoms with van der Waals surface area (Å²) in [5.41, 5.74) is 7.37.